The second-order valence-electron chi connectivity index (χ2n) is 7.20. The monoisotopic (exact) mass is 404 g/mol. The van der Waals surface area contributed by atoms with E-state index >= 15 is 0 Å². The third-order valence-electron chi connectivity index (χ3n) is 5.04. The lowest BCUT2D eigenvalue weighted by molar-refractivity contribution is -0.0314. The van der Waals surface area contributed by atoms with E-state index in [0.717, 1.165) is 36.5 Å². The Labute approximate surface area is 174 Å². The number of allylic oxidation sites excluding steroid dienone is 3. The molecular formula is C22H36N4O3. The summed E-state index contributed by atoms with van der Waals surface area (Å²) in [6.07, 6.45) is 10.8. The third-order valence-corrected chi connectivity index (χ3v) is 5.04. The van der Waals surface area contributed by atoms with Gasteiger partial charge in [0.25, 0.3) is 0 Å². The number of hydrogen-bond acceptors (Lipinski definition) is 6. The molecule has 0 aromatic carbocycles. The molecule has 0 aromatic rings. The Hall–Kier alpha value is -1.96. The fourth-order valence-corrected chi connectivity index (χ4v) is 3.24. The molecule has 0 radical (unpaired) electrons. The van der Waals surface area contributed by atoms with Crippen LogP contribution in [0.15, 0.2) is 45.7 Å². The highest BCUT2D eigenvalue weighted by Crippen LogP contribution is 2.30. The van der Waals surface area contributed by atoms with Gasteiger partial charge < -0.3 is 25.3 Å². The van der Waals surface area contributed by atoms with Crippen molar-refractivity contribution in [2.75, 3.05) is 33.5 Å². The summed E-state index contributed by atoms with van der Waals surface area (Å²) in [6.45, 7) is 8.35. The number of nitrogens with two attached hydrogens (primary N) is 1. The van der Waals surface area contributed by atoms with E-state index in [0.29, 0.717) is 32.3 Å². The minimum absolute atomic E-state index is 0.0134. The highest BCUT2D eigenvalue weighted by molar-refractivity contribution is 5.94. The van der Waals surface area contributed by atoms with Crippen molar-refractivity contribution in [3.05, 3.63) is 35.7 Å². The highest BCUT2D eigenvalue weighted by atomic mass is 16.5. The molecule has 2 aliphatic rings. The van der Waals surface area contributed by atoms with E-state index in [-0.39, 0.29) is 18.1 Å². The molecule has 0 saturated heterocycles. The lowest BCUT2D eigenvalue weighted by Gasteiger charge is -2.30. The quantitative estimate of drug-likeness (QED) is 0.332. The average Bonchev–Trinajstić information content (AvgIpc) is 2.87. The van der Waals surface area contributed by atoms with Gasteiger partial charge in [-0.25, -0.2) is 4.99 Å². The maximum atomic E-state index is 6.27. The Morgan fingerprint density at radius 1 is 1.38 bits per heavy atom. The molecule has 3 N–H and O–H groups in total. The molecule has 162 valence electrons. The third kappa shape index (κ3) is 7.76. The first kappa shape index (κ1) is 23.3. The van der Waals surface area contributed by atoms with Crippen LogP contribution in [0.25, 0.3) is 0 Å². The van der Waals surface area contributed by atoms with E-state index in [4.69, 9.17) is 19.9 Å². The molecule has 3 atom stereocenters. The van der Waals surface area contributed by atoms with Gasteiger partial charge in [0.2, 0.25) is 0 Å². The molecule has 2 bridgehead atoms. The van der Waals surface area contributed by atoms with Gasteiger partial charge in [0, 0.05) is 37.4 Å². The number of fused-ring (bicyclic) bond motifs is 2. The Morgan fingerprint density at radius 3 is 2.93 bits per heavy atom. The topological polar surface area (TPSA) is 90.5 Å². The largest absolute Gasteiger partial charge is 0.384 e. The van der Waals surface area contributed by atoms with Gasteiger partial charge in [-0.3, -0.25) is 4.99 Å². The number of ether oxygens (including phenoxy) is 3. The predicted octanol–water partition coefficient (Wildman–Crippen LogP) is 2.95. The van der Waals surface area contributed by atoms with Crippen molar-refractivity contribution in [2.24, 2.45) is 21.6 Å². The van der Waals surface area contributed by atoms with E-state index in [1.54, 1.807) is 7.05 Å². The van der Waals surface area contributed by atoms with Gasteiger partial charge in [-0.1, -0.05) is 19.1 Å². The van der Waals surface area contributed by atoms with Crippen LogP contribution in [-0.2, 0) is 14.2 Å². The minimum atomic E-state index is -0.0134. The highest BCUT2D eigenvalue weighted by Gasteiger charge is 2.29. The summed E-state index contributed by atoms with van der Waals surface area (Å²) in [5.41, 5.74) is 8.05. The van der Waals surface area contributed by atoms with E-state index < -0.39 is 0 Å². The zero-order valence-electron chi connectivity index (χ0n) is 18.2. The summed E-state index contributed by atoms with van der Waals surface area (Å²) in [5, 5.41) is 3.42. The number of aliphatic imine (C=N–C) groups is 2. The Morgan fingerprint density at radius 2 is 2.21 bits per heavy atom. The second kappa shape index (κ2) is 12.6. The predicted molar refractivity (Wildman–Crippen MR) is 118 cm³/mol. The molecule has 1 aliphatic heterocycles. The standard InChI is InChI=1S/C22H36N4O3/c1-5-16(3)28-11-12-29-20-10-8-7-9-17-13-18(20)19(14-21(23)25-17)26-22(24-4)15-27-6-2/h7-9,14,16,18,20H,5-6,10-13,15H2,1-4H3,(H2,23,25)(H,24,26)/b8-7-,17-9+. The van der Waals surface area contributed by atoms with Gasteiger partial charge >= 0.3 is 0 Å². The molecule has 1 heterocycles. The number of rotatable bonds is 10. The van der Waals surface area contributed by atoms with Crippen LogP contribution >= 0.6 is 0 Å². The SMILES string of the molecule is CCOC/C(=N/C)NC1=CC(N)=N/C2=C/C=C\CC(OCCOC(C)CC)C1C2. The van der Waals surface area contributed by atoms with Crippen molar-refractivity contribution in [3.8, 4) is 0 Å². The fraction of sp³-hybridized carbons (Fsp3) is 0.636. The van der Waals surface area contributed by atoms with Gasteiger partial charge in [-0.05, 0) is 38.8 Å². The molecule has 0 saturated carbocycles. The molecular weight excluding hydrogens is 368 g/mol. The van der Waals surface area contributed by atoms with Crippen LogP contribution in [0.3, 0.4) is 0 Å². The first-order valence-corrected chi connectivity index (χ1v) is 10.5. The van der Waals surface area contributed by atoms with Crippen LogP contribution in [0.4, 0.5) is 0 Å². The molecule has 7 nitrogen and oxygen atoms in total. The zero-order valence-corrected chi connectivity index (χ0v) is 18.2. The van der Waals surface area contributed by atoms with Crippen molar-refractivity contribution in [1.82, 2.24) is 5.32 Å². The van der Waals surface area contributed by atoms with E-state index in [1.807, 2.05) is 25.2 Å². The van der Waals surface area contributed by atoms with Gasteiger partial charge in [0.05, 0.1) is 25.4 Å². The van der Waals surface area contributed by atoms with E-state index in [2.05, 4.69) is 35.2 Å². The van der Waals surface area contributed by atoms with E-state index in [9.17, 15) is 0 Å². The lowest BCUT2D eigenvalue weighted by Crippen LogP contribution is -2.37. The smallest absolute Gasteiger partial charge is 0.126 e. The number of hydrogen-bond donors (Lipinski definition) is 2. The van der Waals surface area contributed by atoms with Crippen LogP contribution in [0.2, 0.25) is 0 Å². The van der Waals surface area contributed by atoms with Crippen LogP contribution in [0.1, 0.15) is 40.0 Å². The summed E-state index contributed by atoms with van der Waals surface area (Å²) in [5.74, 6) is 1.31. The molecule has 3 unspecified atom stereocenters. The van der Waals surface area contributed by atoms with Crippen LogP contribution in [0, 0.1) is 5.92 Å². The summed E-state index contributed by atoms with van der Waals surface area (Å²) in [4.78, 5) is 8.87. The Balaban J connectivity index is 2.14. The zero-order chi connectivity index (χ0) is 21.1. The van der Waals surface area contributed by atoms with Crippen molar-refractivity contribution in [3.63, 3.8) is 0 Å². The van der Waals surface area contributed by atoms with Gasteiger partial charge in [-0.15, -0.1) is 0 Å². The maximum Gasteiger partial charge on any atom is 0.126 e. The number of nitrogens with zero attached hydrogens (tertiary/aromatic N) is 2. The lowest BCUT2D eigenvalue weighted by atomic mass is 9.89. The molecule has 0 aromatic heterocycles. The van der Waals surface area contributed by atoms with Crippen molar-refractivity contribution in [1.29, 1.82) is 0 Å². The maximum absolute atomic E-state index is 6.27. The minimum Gasteiger partial charge on any atom is -0.384 e. The normalized spacial score (nSPS) is 26.2. The Kier molecular flexibility index (Phi) is 10.1. The molecule has 0 spiro atoms. The molecule has 7 heteroatoms. The van der Waals surface area contributed by atoms with Crippen molar-refractivity contribution in [2.45, 2.75) is 52.2 Å². The molecule has 29 heavy (non-hydrogen) atoms. The summed E-state index contributed by atoms with van der Waals surface area (Å²) in [7, 11) is 1.75. The Bertz CT molecular complexity index is 667. The first-order chi connectivity index (χ1) is 14.1. The summed E-state index contributed by atoms with van der Waals surface area (Å²) >= 11 is 0. The molecule has 0 amide bonds. The van der Waals surface area contributed by atoms with Gasteiger partial charge in [0.15, 0.2) is 0 Å². The molecule has 2 rings (SSSR count). The van der Waals surface area contributed by atoms with Crippen molar-refractivity contribution >= 4 is 11.7 Å². The van der Waals surface area contributed by atoms with Gasteiger partial charge in [-0.2, -0.15) is 0 Å². The number of nitrogens with one attached hydrogen (secondary N) is 1. The fourth-order valence-electron chi connectivity index (χ4n) is 3.24. The van der Waals surface area contributed by atoms with Crippen LogP contribution in [0.5, 0.6) is 0 Å². The van der Waals surface area contributed by atoms with Crippen LogP contribution in [-0.4, -0.2) is 57.4 Å². The first-order valence-electron chi connectivity index (χ1n) is 10.5. The van der Waals surface area contributed by atoms with Crippen molar-refractivity contribution < 1.29 is 14.2 Å². The molecule has 1 aliphatic carbocycles. The van der Waals surface area contributed by atoms with Crippen LogP contribution < -0.4 is 11.1 Å². The summed E-state index contributed by atoms with van der Waals surface area (Å²) in [6, 6.07) is 0. The average molecular weight is 405 g/mol. The second-order valence-corrected chi connectivity index (χ2v) is 7.20. The van der Waals surface area contributed by atoms with E-state index in [1.165, 1.54) is 0 Å². The van der Waals surface area contributed by atoms with Gasteiger partial charge in [0.1, 0.15) is 18.3 Å². The summed E-state index contributed by atoms with van der Waals surface area (Å²) < 4.78 is 17.6. The molecule has 0 fully saturated rings. The number of amidine groups is 2.